The molecule has 1 aliphatic rings. The van der Waals surface area contributed by atoms with Gasteiger partial charge in [0.2, 0.25) is 0 Å². The van der Waals surface area contributed by atoms with E-state index in [9.17, 15) is 0 Å². The SMILES string of the molecule is IC1=CC=CC=[C+]1. The maximum Gasteiger partial charge on any atom is 0.175 e. The van der Waals surface area contributed by atoms with Gasteiger partial charge in [0.15, 0.2) is 3.58 Å². The normalized spacial score (nSPS) is 15.9. The average molecular weight is 203 g/mol. The fourth-order valence-electron chi connectivity index (χ4n) is 0.371. The molecule has 7 heavy (non-hydrogen) atoms. The van der Waals surface area contributed by atoms with E-state index >= 15 is 0 Å². The van der Waals surface area contributed by atoms with Gasteiger partial charge in [-0.1, -0.05) is 0 Å². The van der Waals surface area contributed by atoms with Gasteiger partial charge in [-0.05, 0) is 22.6 Å². The quantitative estimate of drug-likeness (QED) is 0.418. The Morgan fingerprint density at radius 1 is 1.43 bits per heavy atom. The molecule has 0 heterocycles. The lowest BCUT2D eigenvalue weighted by molar-refractivity contribution is 1.74. The van der Waals surface area contributed by atoms with E-state index in [-0.39, 0.29) is 0 Å². The van der Waals surface area contributed by atoms with E-state index in [0.29, 0.717) is 0 Å². The van der Waals surface area contributed by atoms with E-state index in [0.717, 1.165) is 0 Å². The molecular weight excluding hydrogens is 199 g/mol. The molecule has 0 bridgehead atoms. The van der Waals surface area contributed by atoms with Crippen molar-refractivity contribution < 1.29 is 0 Å². The molecule has 0 unspecified atom stereocenters. The van der Waals surface area contributed by atoms with Crippen LogP contribution >= 0.6 is 22.6 Å². The van der Waals surface area contributed by atoms with Gasteiger partial charge in [0, 0.05) is 6.08 Å². The summed E-state index contributed by atoms with van der Waals surface area (Å²) in [4.78, 5) is 0. The van der Waals surface area contributed by atoms with Crippen molar-refractivity contribution in [3.05, 3.63) is 34.0 Å². The van der Waals surface area contributed by atoms with Gasteiger partial charge in [-0.3, -0.25) is 0 Å². The van der Waals surface area contributed by atoms with E-state index in [1.807, 2.05) is 24.3 Å². The molecular formula is C6H4I+. The molecule has 0 atom stereocenters. The molecule has 0 amide bonds. The summed E-state index contributed by atoms with van der Waals surface area (Å²) in [6.07, 6.45) is 10.9. The molecule has 1 aliphatic carbocycles. The van der Waals surface area contributed by atoms with Gasteiger partial charge in [-0.25, -0.2) is 0 Å². The molecule has 1 heteroatoms. The van der Waals surface area contributed by atoms with Crippen molar-refractivity contribution in [2.45, 2.75) is 0 Å². The van der Waals surface area contributed by atoms with Crippen molar-refractivity contribution in [2.24, 2.45) is 0 Å². The molecule has 34 valence electrons. The first-order valence-corrected chi connectivity index (χ1v) is 3.10. The van der Waals surface area contributed by atoms with E-state index in [1.54, 1.807) is 0 Å². The van der Waals surface area contributed by atoms with Gasteiger partial charge in [0.25, 0.3) is 0 Å². The monoisotopic (exact) mass is 203 g/mol. The topological polar surface area (TPSA) is 0 Å². The molecule has 0 fully saturated rings. The summed E-state index contributed by atoms with van der Waals surface area (Å²) in [5.74, 6) is 0. The third kappa shape index (κ3) is 1.41. The maximum absolute atomic E-state index is 3.02. The van der Waals surface area contributed by atoms with Crippen LogP contribution in [0.1, 0.15) is 0 Å². The predicted octanol–water partition coefficient (Wildman–Crippen LogP) is 2.23. The Bertz CT molecular complexity index is 140. The Labute approximate surface area is 56.8 Å². The average Bonchev–Trinajstić information content (AvgIpc) is 1.69. The molecule has 1 rings (SSSR count). The lowest BCUT2D eigenvalue weighted by Gasteiger charge is -1.74. The van der Waals surface area contributed by atoms with Crippen LogP contribution in [-0.2, 0) is 0 Å². The second-order valence-electron chi connectivity index (χ2n) is 1.21. The molecule has 0 aliphatic heterocycles. The second-order valence-corrected chi connectivity index (χ2v) is 2.37. The highest BCUT2D eigenvalue weighted by atomic mass is 127. The summed E-state index contributed by atoms with van der Waals surface area (Å²) in [7, 11) is 0. The zero-order valence-corrected chi connectivity index (χ0v) is 5.84. The van der Waals surface area contributed by atoms with Crippen LogP contribution in [0.15, 0.2) is 27.9 Å². The van der Waals surface area contributed by atoms with E-state index < -0.39 is 0 Å². The first-order chi connectivity index (χ1) is 3.39. The predicted molar refractivity (Wildman–Crippen MR) is 39.1 cm³/mol. The van der Waals surface area contributed by atoms with Crippen LogP contribution in [-0.4, -0.2) is 0 Å². The fourth-order valence-corrected chi connectivity index (χ4v) is 0.759. The standard InChI is InChI=1S/C6H4I/c7-6-4-2-1-3-5-6/h1-4H/q+1. The largest absolute Gasteiger partial charge is 0.175 e. The van der Waals surface area contributed by atoms with Gasteiger partial charge in [0.05, 0.1) is 18.2 Å². The summed E-state index contributed by atoms with van der Waals surface area (Å²) < 4.78 is 1.17. The summed E-state index contributed by atoms with van der Waals surface area (Å²) in [6.45, 7) is 0. The number of rotatable bonds is 0. The van der Waals surface area contributed by atoms with Crippen molar-refractivity contribution >= 4 is 22.6 Å². The van der Waals surface area contributed by atoms with Crippen LogP contribution in [0, 0.1) is 6.08 Å². The van der Waals surface area contributed by atoms with Crippen LogP contribution in [0.3, 0.4) is 0 Å². The maximum atomic E-state index is 3.02. The summed E-state index contributed by atoms with van der Waals surface area (Å²) in [5.41, 5.74) is 0. The third-order valence-corrected chi connectivity index (χ3v) is 1.34. The van der Waals surface area contributed by atoms with E-state index in [2.05, 4.69) is 28.7 Å². The molecule has 0 aromatic carbocycles. The van der Waals surface area contributed by atoms with E-state index in [4.69, 9.17) is 0 Å². The third-order valence-electron chi connectivity index (χ3n) is 0.671. The minimum absolute atomic E-state index is 1.17. The van der Waals surface area contributed by atoms with Crippen molar-refractivity contribution in [3.8, 4) is 0 Å². The Hall–Kier alpha value is -0.140. The molecule has 0 N–H and O–H groups in total. The summed E-state index contributed by atoms with van der Waals surface area (Å²) >= 11 is 2.22. The Morgan fingerprint density at radius 3 is 2.57 bits per heavy atom. The van der Waals surface area contributed by atoms with Crippen LogP contribution < -0.4 is 0 Å². The fraction of sp³-hybridized carbons (Fsp3) is 0. The molecule has 0 radical (unpaired) electrons. The van der Waals surface area contributed by atoms with Crippen LogP contribution in [0.25, 0.3) is 0 Å². The highest BCUT2D eigenvalue weighted by molar-refractivity contribution is 14.1. The van der Waals surface area contributed by atoms with Gasteiger partial charge in [-0.2, -0.15) is 0 Å². The van der Waals surface area contributed by atoms with Crippen molar-refractivity contribution in [2.75, 3.05) is 0 Å². The molecule has 0 saturated heterocycles. The zero-order valence-electron chi connectivity index (χ0n) is 3.69. The number of halogens is 1. The minimum Gasteiger partial charge on any atom is -0.000000680 e. The highest BCUT2D eigenvalue weighted by Crippen LogP contribution is 2.08. The first-order valence-electron chi connectivity index (χ1n) is 2.02. The zero-order chi connectivity index (χ0) is 5.11. The van der Waals surface area contributed by atoms with Crippen molar-refractivity contribution in [3.63, 3.8) is 0 Å². The van der Waals surface area contributed by atoms with Gasteiger partial charge in [-0.15, -0.1) is 0 Å². The summed E-state index contributed by atoms with van der Waals surface area (Å²) in [5, 5.41) is 0. The van der Waals surface area contributed by atoms with Crippen LogP contribution in [0.5, 0.6) is 0 Å². The Balaban J connectivity index is 2.82. The second kappa shape index (κ2) is 2.24. The van der Waals surface area contributed by atoms with Crippen LogP contribution in [0.2, 0.25) is 0 Å². The molecule has 0 spiro atoms. The Kier molecular flexibility index (Phi) is 1.60. The van der Waals surface area contributed by atoms with Crippen molar-refractivity contribution in [1.29, 1.82) is 0 Å². The Morgan fingerprint density at radius 2 is 2.29 bits per heavy atom. The van der Waals surface area contributed by atoms with Crippen molar-refractivity contribution in [1.82, 2.24) is 0 Å². The molecule has 0 aromatic heterocycles. The first kappa shape index (κ1) is 5.01. The number of allylic oxidation sites excluding steroid dienone is 6. The lowest BCUT2D eigenvalue weighted by Crippen LogP contribution is -1.65. The lowest BCUT2D eigenvalue weighted by atomic mass is 10.3. The number of hydrogen-bond donors (Lipinski definition) is 0. The molecule has 0 saturated carbocycles. The van der Waals surface area contributed by atoms with Crippen LogP contribution in [0.4, 0.5) is 0 Å². The molecule has 0 aromatic rings. The smallest absolute Gasteiger partial charge is 0.000000680 e. The number of hydrogen-bond acceptors (Lipinski definition) is 0. The van der Waals surface area contributed by atoms with E-state index in [1.165, 1.54) is 3.58 Å². The summed E-state index contributed by atoms with van der Waals surface area (Å²) in [6, 6.07) is 0. The van der Waals surface area contributed by atoms with Gasteiger partial charge >= 0.3 is 0 Å². The minimum atomic E-state index is 1.17. The van der Waals surface area contributed by atoms with Gasteiger partial charge in [0.1, 0.15) is 6.08 Å². The van der Waals surface area contributed by atoms with Gasteiger partial charge < -0.3 is 0 Å². The highest BCUT2D eigenvalue weighted by Gasteiger charge is 1.93. The molecule has 0 nitrogen and oxygen atoms in total.